The molecule has 0 aromatic heterocycles. The van der Waals surface area contributed by atoms with Crippen molar-refractivity contribution in [1.29, 1.82) is 5.26 Å². The quantitative estimate of drug-likeness (QED) is 0.856. The molecule has 0 radical (unpaired) electrons. The Hall–Kier alpha value is -1.57. The van der Waals surface area contributed by atoms with Crippen molar-refractivity contribution in [2.75, 3.05) is 6.54 Å². The Morgan fingerprint density at radius 2 is 1.94 bits per heavy atom. The van der Waals surface area contributed by atoms with Gasteiger partial charge in [-0.05, 0) is 38.1 Å². The Morgan fingerprint density at radius 3 is 2.35 bits per heavy atom. The highest BCUT2D eigenvalue weighted by Gasteiger charge is 2.13. The summed E-state index contributed by atoms with van der Waals surface area (Å²) in [6, 6.07) is 8.47. The molecule has 3 N–H and O–H groups in total. The second-order valence-corrected chi connectivity index (χ2v) is 4.36. The number of halogens is 1. The average Bonchev–Trinajstić information content (AvgIpc) is 2.25. The smallest absolute Gasteiger partial charge is 0.251 e. The molecule has 0 unspecified atom stereocenters. The van der Waals surface area contributed by atoms with Crippen LogP contribution in [0.15, 0.2) is 24.3 Å². The van der Waals surface area contributed by atoms with Crippen molar-refractivity contribution >= 4 is 18.3 Å². The lowest BCUT2D eigenvalue weighted by Crippen LogP contribution is -2.45. The summed E-state index contributed by atoms with van der Waals surface area (Å²) in [5, 5.41) is 11.3. The van der Waals surface area contributed by atoms with Crippen LogP contribution in [0.5, 0.6) is 0 Å². The Balaban J connectivity index is 0.00000256. The zero-order valence-corrected chi connectivity index (χ0v) is 10.7. The molecule has 0 saturated carbocycles. The monoisotopic (exact) mass is 253 g/mol. The number of hydrogen-bond donors (Lipinski definition) is 2. The van der Waals surface area contributed by atoms with Crippen LogP contribution in [0.3, 0.4) is 0 Å². The second-order valence-electron chi connectivity index (χ2n) is 4.36. The molecule has 0 fully saturated rings. The van der Waals surface area contributed by atoms with Crippen LogP contribution in [-0.2, 0) is 0 Å². The van der Waals surface area contributed by atoms with Gasteiger partial charge in [-0.2, -0.15) is 5.26 Å². The van der Waals surface area contributed by atoms with Crippen molar-refractivity contribution < 1.29 is 4.79 Å². The Bertz CT molecular complexity index is 415. The lowest BCUT2D eigenvalue weighted by molar-refractivity contribution is 0.0946. The first-order valence-corrected chi connectivity index (χ1v) is 4.99. The summed E-state index contributed by atoms with van der Waals surface area (Å²) in [6.45, 7) is 4.09. The van der Waals surface area contributed by atoms with Gasteiger partial charge in [-0.3, -0.25) is 4.79 Å². The predicted octanol–water partition coefficient (Wildman–Crippen LogP) is 1.45. The van der Waals surface area contributed by atoms with Gasteiger partial charge >= 0.3 is 0 Å². The van der Waals surface area contributed by atoms with Crippen LogP contribution in [0.2, 0.25) is 0 Å². The van der Waals surface area contributed by atoms with E-state index in [1.165, 1.54) is 0 Å². The molecule has 0 bridgehead atoms. The van der Waals surface area contributed by atoms with Crippen LogP contribution in [0.4, 0.5) is 0 Å². The maximum atomic E-state index is 11.6. The Morgan fingerprint density at radius 1 is 1.41 bits per heavy atom. The summed E-state index contributed by atoms with van der Waals surface area (Å²) in [5.41, 5.74) is 6.39. The van der Waals surface area contributed by atoms with E-state index >= 15 is 0 Å². The zero-order valence-electron chi connectivity index (χ0n) is 9.86. The van der Waals surface area contributed by atoms with E-state index in [2.05, 4.69) is 5.32 Å². The van der Waals surface area contributed by atoms with Gasteiger partial charge in [-0.1, -0.05) is 0 Å². The van der Waals surface area contributed by atoms with E-state index in [-0.39, 0.29) is 18.3 Å². The van der Waals surface area contributed by atoms with E-state index in [1.54, 1.807) is 24.3 Å². The van der Waals surface area contributed by atoms with Gasteiger partial charge in [0.1, 0.15) is 0 Å². The summed E-state index contributed by atoms with van der Waals surface area (Å²) in [7, 11) is 0. The molecule has 4 nitrogen and oxygen atoms in total. The number of carbonyl (C=O) groups is 1. The minimum absolute atomic E-state index is 0. The minimum atomic E-state index is -0.428. The molecule has 1 aromatic rings. The predicted molar refractivity (Wildman–Crippen MR) is 69.0 cm³/mol. The fourth-order valence-electron chi connectivity index (χ4n) is 1.11. The first kappa shape index (κ1) is 15.4. The zero-order chi connectivity index (χ0) is 12.2. The number of nitriles is 1. The number of carbonyl (C=O) groups excluding carboxylic acids is 1. The lowest BCUT2D eigenvalue weighted by atomic mass is 10.1. The summed E-state index contributed by atoms with van der Waals surface area (Å²) in [6.07, 6.45) is 0. The van der Waals surface area contributed by atoms with Gasteiger partial charge in [0, 0.05) is 17.6 Å². The van der Waals surface area contributed by atoms with Crippen molar-refractivity contribution in [1.82, 2.24) is 5.32 Å². The first-order chi connectivity index (χ1) is 7.42. The molecule has 0 aliphatic carbocycles. The highest BCUT2D eigenvalue weighted by molar-refractivity contribution is 5.94. The molecule has 0 aliphatic rings. The molecule has 1 rings (SSSR count). The van der Waals surface area contributed by atoms with E-state index in [1.807, 2.05) is 19.9 Å². The van der Waals surface area contributed by atoms with Gasteiger partial charge < -0.3 is 11.1 Å². The number of hydrogen-bond acceptors (Lipinski definition) is 3. The standard InChI is InChI=1S/C12H15N3O.ClH/c1-12(2,14)8-15-11(16)10-5-3-9(7-13)4-6-10;/h3-6H,8,14H2,1-2H3,(H,15,16);1H. The summed E-state index contributed by atoms with van der Waals surface area (Å²) < 4.78 is 0. The molecule has 5 heteroatoms. The average molecular weight is 254 g/mol. The van der Waals surface area contributed by atoms with Gasteiger partial charge in [-0.25, -0.2) is 0 Å². The van der Waals surface area contributed by atoms with Gasteiger partial charge in [0.05, 0.1) is 11.6 Å². The van der Waals surface area contributed by atoms with E-state index < -0.39 is 5.54 Å². The SMILES string of the molecule is CC(C)(N)CNC(=O)c1ccc(C#N)cc1.Cl. The summed E-state index contributed by atoms with van der Waals surface area (Å²) in [5.74, 6) is -0.178. The first-order valence-electron chi connectivity index (χ1n) is 4.99. The molecule has 0 aliphatic heterocycles. The van der Waals surface area contributed by atoms with Gasteiger partial charge in [0.15, 0.2) is 0 Å². The van der Waals surface area contributed by atoms with E-state index in [0.29, 0.717) is 17.7 Å². The molecule has 0 atom stereocenters. The molecular formula is C12H16ClN3O. The molecular weight excluding hydrogens is 238 g/mol. The Labute approximate surface area is 107 Å². The molecule has 1 amide bonds. The Kier molecular flexibility index (Phi) is 5.66. The fraction of sp³-hybridized carbons (Fsp3) is 0.333. The fourth-order valence-corrected chi connectivity index (χ4v) is 1.11. The van der Waals surface area contributed by atoms with Crippen LogP contribution in [0, 0.1) is 11.3 Å². The molecule has 1 aromatic carbocycles. The number of amides is 1. The second kappa shape index (κ2) is 6.24. The van der Waals surface area contributed by atoms with E-state index in [0.717, 1.165) is 0 Å². The summed E-state index contributed by atoms with van der Waals surface area (Å²) >= 11 is 0. The van der Waals surface area contributed by atoms with Gasteiger partial charge in [0.2, 0.25) is 0 Å². The normalized spacial score (nSPS) is 10.0. The number of rotatable bonds is 3. The third kappa shape index (κ3) is 5.34. The van der Waals surface area contributed by atoms with Crippen molar-refractivity contribution in [3.63, 3.8) is 0 Å². The molecule has 17 heavy (non-hydrogen) atoms. The third-order valence-corrected chi connectivity index (χ3v) is 1.98. The minimum Gasteiger partial charge on any atom is -0.350 e. The van der Waals surface area contributed by atoms with Crippen LogP contribution >= 0.6 is 12.4 Å². The topological polar surface area (TPSA) is 78.9 Å². The summed E-state index contributed by atoms with van der Waals surface area (Å²) in [4.78, 5) is 11.6. The molecule has 0 saturated heterocycles. The number of nitrogens with zero attached hydrogens (tertiary/aromatic N) is 1. The largest absolute Gasteiger partial charge is 0.350 e. The number of nitrogens with two attached hydrogens (primary N) is 1. The molecule has 0 heterocycles. The third-order valence-electron chi connectivity index (χ3n) is 1.98. The lowest BCUT2D eigenvalue weighted by Gasteiger charge is -2.18. The number of benzene rings is 1. The van der Waals surface area contributed by atoms with Crippen molar-refractivity contribution in [3.8, 4) is 6.07 Å². The maximum absolute atomic E-state index is 11.6. The highest BCUT2D eigenvalue weighted by atomic mass is 35.5. The van der Waals surface area contributed by atoms with Crippen molar-refractivity contribution in [2.45, 2.75) is 19.4 Å². The molecule has 92 valence electrons. The van der Waals surface area contributed by atoms with Crippen LogP contribution in [0.25, 0.3) is 0 Å². The van der Waals surface area contributed by atoms with Crippen molar-refractivity contribution in [2.24, 2.45) is 5.73 Å². The van der Waals surface area contributed by atoms with E-state index in [4.69, 9.17) is 11.0 Å². The van der Waals surface area contributed by atoms with Crippen LogP contribution < -0.4 is 11.1 Å². The van der Waals surface area contributed by atoms with Crippen LogP contribution in [0.1, 0.15) is 29.8 Å². The highest BCUT2D eigenvalue weighted by Crippen LogP contribution is 2.03. The molecule has 0 spiro atoms. The number of nitrogens with one attached hydrogen (secondary N) is 1. The maximum Gasteiger partial charge on any atom is 0.251 e. The van der Waals surface area contributed by atoms with E-state index in [9.17, 15) is 4.79 Å². The van der Waals surface area contributed by atoms with Gasteiger partial charge in [0.25, 0.3) is 5.91 Å². The van der Waals surface area contributed by atoms with Crippen LogP contribution in [-0.4, -0.2) is 18.0 Å². The van der Waals surface area contributed by atoms with Crippen molar-refractivity contribution in [3.05, 3.63) is 35.4 Å². The van der Waals surface area contributed by atoms with Gasteiger partial charge in [-0.15, -0.1) is 12.4 Å².